The molecule has 0 aromatic carbocycles. The van der Waals surface area contributed by atoms with Crippen molar-refractivity contribution in [2.45, 2.75) is 56.1 Å². The molecule has 2 saturated carbocycles. The van der Waals surface area contributed by atoms with Crippen LogP contribution >= 0.6 is 0 Å². The van der Waals surface area contributed by atoms with Gasteiger partial charge in [0.1, 0.15) is 5.60 Å². The molecule has 2 aliphatic carbocycles. The van der Waals surface area contributed by atoms with Crippen LogP contribution in [0.1, 0.15) is 56.2 Å². The monoisotopic (exact) mass is 251 g/mol. The van der Waals surface area contributed by atoms with E-state index < -0.39 is 0 Å². The van der Waals surface area contributed by atoms with Gasteiger partial charge in [-0.1, -0.05) is 11.6 Å². The highest BCUT2D eigenvalue weighted by Gasteiger charge is 2.44. The maximum atomic E-state index is 5.59. The predicted octanol–water partition coefficient (Wildman–Crippen LogP) is 1.95. The summed E-state index contributed by atoms with van der Waals surface area (Å²) in [5.41, 5.74) is -0.268. The first-order valence-corrected chi connectivity index (χ1v) is 6.85. The molecule has 0 aliphatic heterocycles. The number of ether oxygens (including phenoxy) is 1. The molecule has 0 radical (unpaired) electrons. The largest absolute Gasteiger partial charge is 0.370 e. The van der Waals surface area contributed by atoms with Crippen LogP contribution in [-0.4, -0.2) is 30.3 Å². The summed E-state index contributed by atoms with van der Waals surface area (Å²) in [5, 5.41) is 7.50. The molecule has 0 saturated heterocycles. The molecule has 2 atom stereocenters. The molecule has 0 spiro atoms. The number of hydrogen-bond acceptors (Lipinski definition) is 5. The van der Waals surface area contributed by atoms with Gasteiger partial charge in [0.05, 0.1) is 5.92 Å². The summed E-state index contributed by atoms with van der Waals surface area (Å²) in [6, 6.07) is 0.471. The molecule has 1 aromatic rings. The lowest BCUT2D eigenvalue weighted by molar-refractivity contribution is -0.0858. The summed E-state index contributed by atoms with van der Waals surface area (Å²) >= 11 is 0. The van der Waals surface area contributed by atoms with E-state index >= 15 is 0 Å². The number of likely N-dealkylation sites (N-methyl/N-ethyl adjacent to an activating group) is 1. The summed E-state index contributed by atoms with van der Waals surface area (Å²) in [6.45, 7) is 0. The van der Waals surface area contributed by atoms with E-state index in [1.807, 2.05) is 7.05 Å². The van der Waals surface area contributed by atoms with Crippen molar-refractivity contribution in [1.82, 2.24) is 15.5 Å². The van der Waals surface area contributed by atoms with Crippen molar-refractivity contribution in [2.24, 2.45) is 0 Å². The third-order valence-corrected chi connectivity index (χ3v) is 4.61. The molecule has 1 heterocycles. The Morgan fingerprint density at radius 1 is 1.33 bits per heavy atom. The lowest BCUT2D eigenvalue weighted by atomic mass is 9.79. The molecule has 100 valence electrons. The Balaban J connectivity index is 1.81. The molecule has 18 heavy (non-hydrogen) atoms. The Labute approximate surface area is 107 Å². The molecule has 1 aromatic heterocycles. The van der Waals surface area contributed by atoms with Crippen LogP contribution in [0.15, 0.2) is 4.52 Å². The van der Waals surface area contributed by atoms with E-state index in [0.29, 0.717) is 12.0 Å². The third kappa shape index (κ3) is 1.77. The zero-order chi connectivity index (χ0) is 12.6. The zero-order valence-electron chi connectivity index (χ0n) is 11.1. The number of hydrogen-bond donors (Lipinski definition) is 1. The first-order valence-electron chi connectivity index (χ1n) is 6.85. The van der Waals surface area contributed by atoms with E-state index in [0.717, 1.165) is 31.0 Å². The topological polar surface area (TPSA) is 60.2 Å². The maximum absolute atomic E-state index is 5.59. The summed E-state index contributed by atoms with van der Waals surface area (Å²) in [4.78, 5) is 4.61. The van der Waals surface area contributed by atoms with E-state index in [1.54, 1.807) is 7.11 Å². The Morgan fingerprint density at radius 3 is 2.78 bits per heavy atom. The minimum atomic E-state index is -0.268. The van der Waals surface area contributed by atoms with Crippen molar-refractivity contribution in [2.75, 3.05) is 14.2 Å². The highest BCUT2D eigenvalue weighted by atomic mass is 16.5. The summed E-state index contributed by atoms with van der Waals surface area (Å²) in [7, 11) is 3.74. The molecule has 2 unspecified atom stereocenters. The van der Waals surface area contributed by atoms with Crippen LogP contribution in [0.5, 0.6) is 0 Å². The molecule has 5 nitrogen and oxygen atoms in total. The van der Waals surface area contributed by atoms with Gasteiger partial charge in [-0.3, -0.25) is 0 Å². The van der Waals surface area contributed by atoms with Crippen LogP contribution in [0.25, 0.3) is 0 Å². The zero-order valence-corrected chi connectivity index (χ0v) is 11.1. The van der Waals surface area contributed by atoms with Crippen LogP contribution in [-0.2, 0) is 10.3 Å². The van der Waals surface area contributed by atoms with Crippen molar-refractivity contribution in [3.05, 3.63) is 11.7 Å². The van der Waals surface area contributed by atoms with Gasteiger partial charge in [-0.05, 0) is 39.2 Å². The van der Waals surface area contributed by atoms with Crippen molar-refractivity contribution in [3.8, 4) is 0 Å². The second-order valence-electron chi connectivity index (χ2n) is 5.44. The second kappa shape index (κ2) is 4.63. The van der Waals surface area contributed by atoms with Gasteiger partial charge in [0.25, 0.3) is 0 Å². The first-order chi connectivity index (χ1) is 8.79. The van der Waals surface area contributed by atoms with Crippen molar-refractivity contribution in [3.63, 3.8) is 0 Å². The fourth-order valence-electron chi connectivity index (χ4n) is 3.19. The molecule has 5 heteroatoms. The highest BCUT2D eigenvalue weighted by Crippen LogP contribution is 2.43. The summed E-state index contributed by atoms with van der Waals surface area (Å²) < 4.78 is 11.1. The van der Waals surface area contributed by atoms with Crippen LogP contribution in [0.4, 0.5) is 0 Å². The molecule has 0 amide bonds. The summed E-state index contributed by atoms with van der Waals surface area (Å²) in [6.07, 6.45) is 6.73. The van der Waals surface area contributed by atoms with E-state index in [2.05, 4.69) is 15.5 Å². The Hall–Kier alpha value is -0.940. The maximum Gasteiger partial charge on any atom is 0.231 e. The molecular weight excluding hydrogens is 230 g/mol. The molecular formula is C13H21N3O2. The molecule has 3 rings (SSSR count). The van der Waals surface area contributed by atoms with E-state index in [-0.39, 0.29) is 5.60 Å². The van der Waals surface area contributed by atoms with Gasteiger partial charge >= 0.3 is 0 Å². The smallest absolute Gasteiger partial charge is 0.231 e. The van der Waals surface area contributed by atoms with Gasteiger partial charge in [0.15, 0.2) is 0 Å². The minimum absolute atomic E-state index is 0.268. The van der Waals surface area contributed by atoms with Gasteiger partial charge < -0.3 is 14.6 Å². The number of aromatic nitrogens is 2. The number of rotatable bonds is 4. The fourth-order valence-corrected chi connectivity index (χ4v) is 3.19. The minimum Gasteiger partial charge on any atom is -0.370 e. The van der Waals surface area contributed by atoms with Crippen molar-refractivity contribution >= 4 is 0 Å². The fraction of sp³-hybridized carbons (Fsp3) is 0.846. The standard InChI is InChI=1S/C13H21N3O2/c1-14-10-6-3-5-9(10)11-15-12(16-18-11)13(17-2)7-4-8-13/h9-10,14H,3-8H2,1-2H3. The van der Waals surface area contributed by atoms with E-state index in [9.17, 15) is 0 Å². The van der Waals surface area contributed by atoms with Crippen LogP contribution in [0, 0.1) is 0 Å². The third-order valence-electron chi connectivity index (χ3n) is 4.61. The van der Waals surface area contributed by atoms with E-state index in [1.165, 1.54) is 19.3 Å². The Bertz CT molecular complexity index is 409. The second-order valence-corrected chi connectivity index (χ2v) is 5.44. The highest BCUT2D eigenvalue weighted by molar-refractivity contribution is 5.10. The number of nitrogens with one attached hydrogen (secondary N) is 1. The SMILES string of the molecule is CNC1CCCC1c1nc(C2(OC)CCC2)no1. The number of nitrogens with zero attached hydrogens (tertiary/aromatic N) is 2. The van der Waals surface area contributed by atoms with Gasteiger partial charge in [-0.2, -0.15) is 4.98 Å². The number of methoxy groups -OCH3 is 1. The van der Waals surface area contributed by atoms with E-state index in [4.69, 9.17) is 9.26 Å². The Kier molecular flexibility index (Phi) is 3.11. The van der Waals surface area contributed by atoms with Gasteiger partial charge in [-0.15, -0.1) is 0 Å². The molecule has 2 fully saturated rings. The first kappa shape index (κ1) is 12.1. The molecule has 1 N–H and O–H groups in total. The van der Waals surface area contributed by atoms with Crippen molar-refractivity contribution < 1.29 is 9.26 Å². The average molecular weight is 251 g/mol. The quantitative estimate of drug-likeness (QED) is 0.886. The predicted molar refractivity (Wildman–Crippen MR) is 66.3 cm³/mol. The van der Waals surface area contributed by atoms with Crippen molar-refractivity contribution in [1.29, 1.82) is 0 Å². The lowest BCUT2D eigenvalue weighted by Gasteiger charge is -2.37. The summed E-state index contributed by atoms with van der Waals surface area (Å²) in [5.74, 6) is 1.89. The van der Waals surface area contributed by atoms with Crippen LogP contribution in [0.2, 0.25) is 0 Å². The lowest BCUT2D eigenvalue weighted by Crippen LogP contribution is -2.37. The van der Waals surface area contributed by atoms with Gasteiger partial charge in [-0.25, -0.2) is 0 Å². The van der Waals surface area contributed by atoms with Gasteiger partial charge in [0, 0.05) is 13.2 Å². The molecule has 0 bridgehead atoms. The molecule has 2 aliphatic rings. The van der Waals surface area contributed by atoms with Gasteiger partial charge in [0.2, 0.25) is 11.7 Å². The Morgan fingerprint density at radius 2 is 2.17 bits per heavy atom. The normalized spacial score (nSPS) is 30.3. The van der Waals surface area contributed by atoms with Crippen LogP contribution in [0.3, 0.4) is 0 Å². The average Bonchev–Trinajstić information content (AvgIpc) is 2.95. The van der Waals surface area contributed by atoms with Crippen LogP contribution < -0.4 is 5.32 Å².